The van der Waals surface area contributed by atoms with Gasteiger partial charge in [-0.15, -0.1) is 0 Å². The molecule has 1 unspecified atom stereocenters. The number of ether oxygens (including phenoxy) is 2. The number of alkyl halides is 3. The average Bonchev–Trinajstić information content (AvgIpc) is 3.17. The number of nitrogens with zero attached hydrogens (tertiary/aromatic N) is 1. The van der Waals surface area contributed by atoms with Gasteiger partial charge in [0.1, 0.15) is 17.9 Å². The molecule has 0 bridgehead atoms. The second-order valence-electron chi connectivity index (χ2n) is 9.88. The summed E-state index contributed by atoms with van der Waals surface area (Å²) in [5.74, 6) is -0.908. The fourth-order valence-corrected chi connectivity index (χ4v) is 5.78. The van der Waals surface area contributed by atoms with E-state index in [-0.39, 0.29) is 5.75 Å². The number of aliphatic hydroxyl groups is 1. The van der Waals surface area contributed by atoms with Gasteiger partial charge in [0.2, 0.25) is 0 Å². The SMILES string of the molecule is CC(C)OC(=O)[C@H](C)NP(=O)(OC[C@@]1(C(F)F)O[C@@H](n2ccc(=O)[nH]c2=O)[C@H](O)[C@H]1F)Oc1ccc2ccccc2c1. The molecule has 16 heteroatoms. The third-order valence-corrected chi connectivity index (χ3v) is 7.98. The average molecular weight is 615 g/mol. The maximum absolute atomic E-state index is 15.4. The number of carbonyl (C=O) groups excluding carboxylic acids is 1. The summed E-state index contributed by atoms with van der Waals surface area (Å²) >= 11 is 0. The monoisotopic (exact) mass is 615 g/mol. The van der Waals surface area contributed by atoms with Crippen molar-refractivity contribution in [1.82, 2.24) is 14.6 Å². The van der Waals surface area contributed by atoms with Crippen LogP contribution in [0.4, 0.5) is 13.2 Å². The van der Waals surface area contributed by atoms with Gasteiger partial charge in [0.15, 0.2) is 18.0 Å². The van der Waals surface area contributed by atoms with E-state index in [9.17, 15) is 32.8 Å². The molecule has 0 spiro atoms. The summed E-state index contributed by atoms with van der Waals surface area (Å²) in [6.07, 6.45) is -10.6. The Hall–Kier alpha value is -3.49. The van der Waals surface area contributed by atoms with Crippen LogP contribution in [0.15, 0.2) is 64.3 Å². The highest BCUT2D eigenvalue weighted by Crippen LogP contribution is 2.50. The highest BCUT2D eigenvalue weighted by atomic mass is 31.2. The highest BCUT2D eigenvalue weighted by Gasteiger charge is 2.63. The lowest BCUT2D eigenvalue weighted by Crippen LogP contribution is -2.51. The van der Waals surface area contributed by atoms with Crippen molar-refractivity contribution in [2.24, 2.45) is 0 Å². The van der Waals surface area contributed by atoms with Crippen molar-refractivity contribution in [1.29, 1.82) is 0 Å². The first-order chi connectivity index (χ1) is 19.7. The van der Waals surface area contributed by atoms with Crippen LogP contribution >= 0.6 is 7.75 Å². The lowest BCUT2D eigenvalue weighted by atomic mass is 9.98. The molecule has 2 heterocycles. The molecule has 12 nitrogen and oxygen atoms in total. The van der Waals surface area contributed by atoms with E-state index in [2.05, 4.69) is 5.09 Å². The fourth-order valence-electron chi connectivity index (χ4n) is 4.25. The minimum Gasteiger partial charge on any atom is -0.462 e. The zero-order chi connectivity index (χ0) is 30.8. The van der Waals surface area contributed by atoms with E-state index in [4.69, 9.17) is 18.5 Å². The number of halogens is 3. The van der Waals surface area contributed by atoms with Crippen LogP contribution in [0, 0.1) is 0 Å². The Labute approximate surface area is 236 Å². The largest absolute Gasteiger partial charge is 0.462 e. The lowest BCUT2D eigenvalue weighted by Gasteiger charge is -2.31. The number of fused-ring (bicyclic) bond motifs is 1. The van der Waals surface area contributed by atoms with Crippen molar-refractivity contribution in [2.45, 2.75) is 63.4 Å². The molecular weight excluding hydrogens is 586 g/mol. The summed E-state index contributed by atoms with van der Waals surface area (Å²) in [6.45, 7) is 2.96. The maximum Gasteiger partial charge on any atom is 0.459 e. The second kappa shape index (κ2) is 12.4. The number of rotatable bonds is 11. The van der Waals surface area contributed by atoms with Gasteiger partial charge in [0.05, 0.1) is 12.7 Å². The first-order valence-corrected chi connectivity index (χ1v) is 14.3. The summed E-state index contributed by atoms with van der Waals surface area (Å²) in [6, 6.07) is 11.1. The summed E-state index contributed by atoms with van der Waals surface area (Å²) in [7, 11) is -4.79. The highest BCUT2D eigenvalue weighted by molar-refractivity contribution is 7.52. The zero-order valence-electron chi connectivity index (χ0n) is 22.6. The minimum absolute atomic E-state index is 0.0399. The molecule has 0 aliphatic carbocycles. The first-order valence-electron chi connectivity index (χ1n) is 12.8. The molecule has 6 atom stereocenters. The van der Waals surface area contributed by atoms with E-state index >= 15 is 4.39 Å². The molecule has 1 aliphatic heterocycles. The van der Waals surface area contributed by atoms with Gasteiger partial charge in [-0.05, 0) is 43.7 Å². The number of H-pyrrole nitrogens is 1. The number of benzene rings is 2. The molecule has 3 N–H and O–H groups in total. The zero-order valence-corrected chi connectivity index (χ0v) is 23.5. The lowest BCUT2D eigenvalue weighted by molar-refractivity contribution is -0.183. The Bertz CT molecular complexity index is 1600. The molecule has 0 radical (unpaired) electrons. The molecule has 1 aliphatic rings. The van der Waals surface area contributed by atoms with Crippen molar-refractivity contribution in [3.63, 3.8) is 0 Å². The fraction of sp³-hybridized carbons (Fsp3) is 0.423. The van der Waals surface area contributed by atoms with Crippen molar-refractivity contribution in [3.8, 4) is 5.75 Å². The van der Waals surface area contributed by atoms with Gasteiger partial charge >= 0.3 is 19.4 Å². The van der Waals surface area contributed by atoms with Crippen LogP contribution in [-0.4, -0.2) is 63.7 Å². The van der Waals surface area contributed by atoms with Crippen molar-refractivity contribution in [2.75, 3.05) is 6.61 Å². The Morgan fingerprint density at radius 1 is 1.17 bits per heavy atom. The molecule has 2 aromatic carbocycles. The Morgan fingerprint density at radius 2 is 1.86 bits per heavy atom. The molecule has 1 saturated heterocycles. The third kappa shape index (κ3) is 6.60. The predicted octanol–water partition coefficient (Wildman–Crippen LogP) is 3.05. The summed E-state index contributed by atoms with van der Waals surface area (Å²) in [5.41, 5.74) is -5.23. The number of aromatic nitrogens is 2. The first kappa shape index (κ1) is 31.4. The third-order valence-electron chi connectivity index (χ3n) is 6.36. The van der Waals surface area contributed by atoms with Crippen LogP contribution < -0.4 is 20.9 Å². The van der Waals surface area contributed by atoms with Gasteiger partial charge in [0, 0.05) is 12.3 Å². The van der Waals surface area contributed by atoms with Crippen LogP contribution in [0.1, 0.15) is 27.0 Å². The molecule has 0 amide bonds. The van der Waals surface area contributed by atoms with Crippen LogP contribution in [0.3, 0.4) is 0 Å². The number of nitrogens with one attached hydrogen (secondary N) is 2. The van der Waals surface area contributed by atoms with E-state index in [1.807, 2.05) is 4.98 Å². The van der Waals surface area contributed by atoms with Crippen molar-refractivity contribution < 1.29 is 46.2 Å². The Morgan fingerprint density at radius 3 is 2.50 bits per heavy atom. The Kier molecular flexibility index (Phi) is 9.28. The molecule has 0 saturated carbocycles. The normalized spacial score (nSPS) is 24.5. The minimum atomic E-state index is -4.79. The number of esters is 1. The number of aliphatic hydroxyl groups excluding tert-OH is 1. The smallest absolute Gasteiger partial charge is 0.459 e. The summed E-state index contributed by atoms with van der Waals surface area (Å²) < 4.78 is 79.9. The van der Waals surface area contributed by atoms with Gasteiger partial charge in [-0.2, -0.15) is 5.09 Å². The molecule has 1 aromatic heterocycles. The number of hydrogen-bond acceptors (Lipinski definition) is 9. The number of hydrogen-bond donors (Lipinski definition) is 3. The topological polar surface area (TPSA) is 158 Å². The van der Waals surface area contributed by atoms with Gasteiger partial charge < -0.3 is 19.1 Å². The van der Waals surface area contributed by atoms with E-state index < -0.39 is 74.2 Å². The van der Waals surface area contributed by atoms with Gasteiger partial charge in [-0.1, -0.05) is 30.3 Å². The van der Waals surface area contributed by atoms with E-state index in [0.717, 1.165) is 17.6 Å². The summed E-state index contributed by atoms with van der Waals surface area (Å²) in [4.78, 5) is 37.9. The molecule has 4 rings (SSSR count). The van der Waals surface area contributed by atoms with E-state index in [0.29, 0.717) is 9.95 Å². The van der Waals surface area contributed by atoms with Crippen molar-refractivity contribution in [3.05, 3.63) is 75.6 Å². The number of aromatic amines is 1. The van der Waals surface area contributed by atoms with E-state index in [1.165, 1.54) is 19.1 Å². The molecule has 42 heavy (non-hydrogen) atoms. The predicted molar refractivity (Wildman–Crippen MR) is 143 cm³/mol. The van der Waals surface area contributed by atoms with Crippen molar-refractivity contribution >= 4 is 24.5 Å². The molecule has 1 fully saturated rings. The van der Waals surface area contributed by atoms with Gasteiger partial charge in [-0.25, -0.2) is 22.5 Å². The Balaban J connectivity index is 1.65. The van der Waals surface area contributed by atoms with Crippen LogP contribution in [-0.2, 0) is 23.4 Å². The molecule has 3 aromatic rings. The molecular formula is C26H29F3N3O9P. The van der Waals surface area contributed by atoms with Crippen LogP contribution in [0.5, 0.6) is 5.75 Å². The van der Waals surface area contributed by atoms with Gasteiger partial charge in [0.25, 0.3) is 12.0 Å². The van der Waals surface area contributed by atoms with Crippen LogP contribution in [0.25, 0.3) is 10.8 Å². The number of carbonyl (C=O) groups is 1. The van der Waals surface area contributed by atoms with E-state index in [1.54, 1.807) is 44.2 Å². The maximum atomic E-state index is 15.4. The second-order valence-corrected chi connectivity index (χ2v) is 11.6. The van der Waals surface area contributed by atoms with Gasteiger partial charge in [-0.3, -0.25) is 23.7 Å². The molecule has 228 valence electrons. The van der Waals surface area contributed by atoms with Crippen LogP contribution in [0.2, 0.25) is 0 Å². The standard InChI is InChI=1S/C26H29F3N3O9P/c1-14(2)39-23(35)15(3)31-42(37,41-18-9-8-16-6-4-5-7-17(16)12-18)38-13-26(24(28)29)21(27)20(34)22(40-26)32-11-10-19(33)30-25(32)36/h4-12,14-15,20-22,24,34H,13H2,1-3H3,(H,31,37)(H,30,33,36)/t15-,20+,21+,22+,26+,42?/m0/s1. The quantitative estimate of drug-likeness (QED) is 0.216. The summed E-state index contributed by atoms with van der Waals surface area (Å²) in [5, 5.41) is 14.2.